The fraction of sp³-hybridized carbons (Fsp3) is 0.125. The van der Waals surface area contributed by atoms with Crippen LogP contribution in [0.2, 0.25) is 10.0 Å². The summed E-state index contributed by atoms with van der Waals surface area (Å²) in [5.74, 6) is 0.468. The van der Waals surface area contributed by atoms with Crippen LogP contribution in [-0.2, 0) is 4.79 Å². The van der Waals surface area contributed by atoms with Crippen LogP contribution >= 0.6 is 23.2 Å². The summed E-state index contributed by atoms with van der Waals surface area (Å²) in [5.41, 5.74) is 0. The van der Waals surface area contributed by atoms with Gasteiger partial charge in [0.2, 0.25) is 6.29 Å². The van der Waals surface area contributed by atoms with E-state index in [4.69, 9.17) is 27.9 Å². The molecule has 0 N–H and O–H groups in total. The van der Waals surface area contributed by atoms with Gasteiger partial charge in [-0.2, -0.15) is 0 Å². The molecule has 1 aromatic rings. The predicted molar refractivity (Wildman–Crippen MR) is 47.7 cm³/mol. The van der Waals surface area contributed by atoms with E-state index in [0.29, 0.717) is 15.8 Å². The Morgan fingerprint density at radius 3 is 2.33 bits per heavy atom. The molecule has 0 unspecified atom stereocenters. The zero-order chi connectivity index (χ0) is 8.97. The maximum atomic E-state index is 9.83. The maximum absolute atomic E-state index is 9.83. The summed E-state index contributed by atoms with van der Waals surface area (Å²) in [6.45, 7) is -0.114. The number of halogens is 2. The minimum Gasteiger partial charge on any atom is -0.485 e. The third-order valence-electron chi connectivity index (χ3n) is 1.13. The average molecular weight is 204 g/mol. The first-order valence-corrected chi connectivity index (χ1v) is 3.92. The van der Waals surface area contributed by atoms with Crippen LogP contribution in [0.15, 0.2) is 18.2 Å². The van der Waals surface area contributed by atoms with Gasteiger partial charge >= 0.3 is 0 Å². The molecule has 4 heteroatoms. The molecule has 0 fully saturated rings. The summed E-state index contributed by atoms with van der Waals surface area (Å²) in [6.07, 6.45) is 1.60. The molecule has 0 spiro atoms. The van der Waals surface area contributed by atoms with Gasteiger partial charge in [-0.05, 0) is 18.2 Å². The average Bonchev–Trinajstić information content (AvgIpc) is 1.99. The van der Waals surface area contributed by atoms with Crippen molar-refractivity contribution in [3.05, 3.63) is 28.2 Å². The number of ether oxygens (including phenoxy) is 1. The highest BCUT2D eigenvalue weighted by Crippen LogP contribution is 2.23. The molecular formula is C8H5Cl2O2. The Balaban J connectivity index is 2.78. The normalized spacial score (nSPS) is 9.50. The molecule has 2 nitrogen and oxygen atoms in total. The molecule has 0 amide bonds. The Bertz CT molecular complexity index is 266. The number of benzene rings is 1. The number of rotatable bonds is 3. The lowest BCUT2D eigenvalue weighted by molar-refractivity contribution is 0.365. The molecule has 1 aromatic carbocycles. The highest BCUT2D eigenvalue weighted by atomic mass is 35.5. The van der Waals surface area contributed by atoms with Crippen molar-refractivity contribution in [2.24, 2.45) is 0 Å². The second-order valence-corrected chi connectivity index (χ2v) is 2.91. The van der Waals surface area contributed by atoms with E-state index in [-0.39, 0.29) is 6.61 Å². The monoisotopic (exact) mass is 203 g/mol. The van der Waals surface area contributed by atoms with Crippen LogP contribution in [0.5, 0.6) is 5.75 Å². The standard InChI is InChI=1S/C8H5Cl2O2/c9-6-3-7(10)5-8(4-6)12-2-1-11/h3-5H,2H2. The van der Waals surface area contributed by atoms with E-state index < -0.39 is 0 Å². The molecule has 0 atom stereocenters. The van der Waals surface area contributed by atoms with Crippen LogP contribution in [-0.4, -0.2) is 12.9 Å². The van der Waals surface area contributed by atoms with E-state index in [1.807, 2.05) is 0 Å². The van der Waals surface area contributed by atoms with Crippen LogP contribution in [0, 0.1) is 0 Å². The maximum Gasteiger partial charge on any atom is 0.239 e. The van der Waals surface area contributed by atoms with E-state index in [9.17, 15) is 4.79 Å². The zero-order valence-corrected chi connectivity index (χ0v) is 7.52. The van der Waals surface area contributed by atoms with Crippen LogP contribution in [0.1, 0.15) is 0 Å². The quantitative estimate of drug-likeness (QED) is 0.755. The van der Waals surface area contributed by atoms with E-state index in [1.165, 1.54) is 0 Å². The fourth-order valence-corrected chi connectivity index (χ4v) is 1.23. The van der Waals surface area contributed by atoms with E-state index in [0.717, 1.165) is 0 Å². The lowest BCUT2D eigenvalue weighted by Gasteiger charge is -2.02. The van der Waals surface area contributed by atoms with Gasteiger partial charge in [0.15, 0.2) is 6.61 Å². The van der Waals surface area contributed by atoms with Crippen LogP contribution in [0.25, 0.3) is 0 Å². The van der Waals surface area contributed by atoms with Gasteiger partial charge in [0, 0.05) is 10.0 Å². The third-order valence-corrected chi connectivity index (χ3v) is 1.57. The van der Waals surface area contributed by atoms with Gasteiger partial charge < -0.3 is 4.74 Å². The Morgan fingerprint density at radius 1 is 1.25 bits per heavy atom. The first-order valence-electron chi connectivity index (χ1n) is 3.16. The summed E-state index contributed by atoms with van der Waals surface area (Å²) in [7, 11) is 0. The van der Waals surface area contributed by atoms with Crippen molar-refractivity contribution in [1.82, 2.24) is 0 Å². The molecule has 63 valence electrons. The molecule has 0 aliphatic rings. The number of carbonyl (C=O) groups excluding carboxylic acids is 1. The summed E-state index contributed by atoms with van der Waals surface area (Å²) in [5, 5.41) is 0.951. The van der Waals surface area contributed by atoms with E-state index >= 15 is 0 Å². The number of hydrogen-bond donors (Lipinski definition) is 0. The lowest BCUT2D eigenvalue weighted by Crippen LogP contribution is -1.97. The smallest absolute Gasteiger partial charge is 0.239 e. The zero-order valence-electron chi connectivity index (χ0n) is 6.01. The highest BCUT2D eigenvalue weighted by Gasteiger charge is 1.98. The Morgan fingerprint density at radius 2 is 1.83 bits per heavy atom. The molecule has 0 bridgehead atoms. The van der Waals surface area contributed by atoms with Gasteiger partial charge in [-0.25, -0.2) is 0 Å². The second-order valence-electron chi connectivity index (χ2n) is 2.04. The van der Waals surface area contributed by atoms with Gasteiger partial charge in [0.05, 0.1) is 0 Å². The molecule has 0 aliphatic heterocycles. The molecule has 0 saturated carbocycles. The fourth-order valence-electron chi connectivity index (χ4n) is 0.725. The largest absolute Gasteiger partial charge is 0.485 e. The molecular weight excluding hydrogens is 199 g/mol. The van der Waals surface area contributed by atoms with Crippen LogP contribution in [0.4, 0.5) is 0 Å². The van der Waals surface area contributed by atoms with Crippen LogP contribution < -0.4 is 4.74 Å². The van der Waals surface area contributed by atoms with Crippen molar-refractivity contribution in [2.45, 2.75) is 0 Å². The predicted octanol–water partition coefficient (Wildman–Crippen LogP) is 2.48. The van der Waals surface area contributed by atoms with Gasteiger partial charge in [-0.15, -0.1) is 0 Å². The Kier molecular flexibility index (Phi) is 3.38. The topological polar surface area (TPSA) is 26.3 Å². The lowest BCUT2D eigenvalue weighted by atomic mass is 10.3. The van der Waals surface area contributed by atoms with Crippen LogP contribution in [0.3, 0.4) is 0 Å². The molecule has 0 aromatic heterocycles. The van der Waals surface area contributed by atoms with Crippen molar-refractivity contribution in [1.29, 1.82) is 0 Å². The summed E-state index contributed by atoms with van der Waals surface area (Å²) in [4.78, 5) is 9.83. The Hall–Kier alpha value is -0.730. The minimum absolute atomic E-state index is 0.114. The van der Waals surface area contributed by atoms with E-state index in [2.05, 4.69) is 0 Å². The third kappa shape index (κ3) is 2.72. The first-order chi connectivity index (χ1) is 5.72. The molecule has 0 saturated heterocycles. The SMILES string of the molecule is O=[C]COc1cc(Cl)cc(Cl)c1. The summed E-state index contributed by atoms with van der Waals surface area (Å²) >= 11 is 11.3. The second kappa shape index (κ2) is 4.33. The minimum atomic E-state index is -0.114. The summed E-state index contributed by atoms with van der Waals surface area (Å²) in [6, 6.07) is 4.73. The highest BCUT2D eigenvalue weighted by molar-refractivity contribution is 6.34. The van der Waals surface area contributed by atoms with Crippen molar-refractivity contribution < 1.29 is 9.53 Å². The molecule has 12 heavy (non-hydrogen) atoms. The van der Waals surface area contributed by atoms with E-state index in [1.54, 1.807) is 24.5 Å². The van der Waals surface area contributed by atoms with Gasteiger partial charge in [-0.3, -0.25) is 4.79 Å². The van der Waals surface area contributed by atoms with Gasteiger partial charge in [0.1, 0.15) is 5.75 Å². The molecule has 1 radical (unpaired) electrons. The number of hydrogen-bond acceptors (Lipinski definition) is 2. The molecule has 1 rings (SSSR count). The first kappa shape index (κ1) is 9.36. The molecule has 0 heterocycles. The van der Waals surface area contributed by atoms with Crippen molar-refractivity contribution in [3.8, 4) is 5.75 Å². The molecule has 0 aliphatic carbocycles. The summed E-state index contributed by atoms with van der Waals surface area (Å²) < 4.78 is 4.92. The van der Waals surface area contributed by atoms with Gasteiger partial charge in [-0.1, -0.05) is 23.2 Å². The van der Waals surface area contributed by atoms with Crippen molar-refractivity contribution in [2.75, 3.05) is 6.61 Å². The van der Waals surface area contributed by atoms with Gasteiger partial charge in [0.25, 0.3) is 0 Å². The Labute approximate surface area is 80.0 Å². The van der Waals surface area contributed by atoms with Crippen molar-refractivity contribution >= 4 is 29.5 Å². The van der Waals surface area contributed by atoms with Crippen molar-refractivity contribution in [3.63, 3.8) is 0 Å².